The second kappa shape index (κ2) is 2.32. The van der Waals surface area contributed by atoms with Gasteiger partial charge in [0.2, 0.25) is 0 Å². The molecule has 4 heteroatoms. The maximum Gasteiger partial charge on any atom is 0.0556 e. The molecule has 0 aromatic carbocycles. The van der Waals surface area contributed by atoms with Crippen molar-refractivity contribution in [2.45, 2.75) is 0 Å². The molecule has 0 bridgehead atoms. The van der Waals surface area contributed by atoms with Gasteiger partial charge in [0.25, 0.3) is 0 Å². The third kappa shape index (κ3) is 0.872. The molecule has 0 aromatic heterocycles. The number of hydrogen-bond donors (Lipinski definition) is 2. The summed E-state index contributed by atoms with van der Waals surface area (Å²) < 4.78 is 0. The molecule has 0 spiro atoms. The third-order valence-electron chi connectivity index (χ3n) is 1.53. The van der Waals surface area contributed by atoms with Gasteiger partial charge in [-0.3, -0.25) is 0 Å². The molecule has 0 saturated carbocycles. The van der Waals surface area contributed by atoms with Crippen LogP contribution in [0.5, 0.6) is 0 Å². The van der Waals surface area contributed by atoms with E-state index in [1.165, 1.54) is 0 Å². The van der Waals surface area contributed by atoms with Gasteiger partial charge in [-0.25, -0.2) is 0 Å². The molecule has 2 aliphatic rings. The van der Waals surface area contributed by atoms with Gasteiger partial charge >= 0.3 is 0 Å². The summed E-state index contributed by atoms with van der Waals surface area (Å²) in [4.78, 5) is 0. The van der Waals surface area contributed by atoms with Crippen LogP contribution in [0.4, 0.5) is 0 Å². The molecule has 4 nitrogen and oxygen atoms in total. The van der Waals surface area contributed by atoms with Crippen molar-refractivity contribution in [3.8, 4) is 0 Å². The van der Waals surface area contributed by atoms with Gasteiger partial charge in [-0.1, -0.05) is 0 Å². The molecule has 10 heavy (non-hydrogen) atoms. The van der Waals surface area contributed by atoms with E-state index >= 15 is 0 Å². The molecular weight excluding hydrogens is 128 g/mol. The summed E-state index contributed by atoms with van der Waals surface area (Å²) in [5.74, 6) is 0. The minimum absolute atomic E-state index is 0.925. The molecule has 0 amide bonds. The van der Waals surface area contributed by atoms with Crippen LogP contribution in [0.1, 0.15) is 0 Å². The molecule has 0 saturated heterocycles. The quantitative estimate of drug-likeness (QED) is 0.514. The average molecular weight is 138 g/mol. The van der Waals surface area contributed by atoms with Gasteiger partial charge in [0.1, 0.15) is 0 Å². The Morgan fingerprint density at radius 1 is 0.900 bits per heavy atom. The first kappa shape index (κ1) is 5.76. The third-order valence-corrected chi connectivity index (χ3v) is 1.53. The van der Waals surface area contributed by atoms with Crippen molar-refractivity contribution in [1.29, 1.82) is 0 Å². The van der Waals surface area contributed by atoms with Gasteiger partial charge in [-0.2, -0.15) is 0 Å². The van der Waals surface area contributed by atoms with Crippen molar-refractivity contribution in [3.05, 3.63) is 24.6 Å². The molecule has 54 valence electrons. The second-order valence-electron chi connectivity index (χ2n) is 2.23. The maximum absolute atomic E-state index is 3.07. The monoisotopic (exact) mass is 138 g/mol. The van der Waals surface area contributed by atoms with E-state index in [2.05, 4.69) is 23.0 Å². The number of hydrazine groups is 3. The molecule has 0 atom stereocenters. The maximum atomic E-state index is 3.07. The van der Waals surface area contributed by atoms with Gasteiger partial charge in [0.05, 0.1) is 13.1 Å². The minimum atomic E-state index is 0.925. The summed E-state index contributed by atoms with van der Waals surface area (Å²) >= 11 is 0. The highest BCUT2D eigenvalue weighted by atomic mass is 15.9. The number of nitrogens with one attached hydrogen (secondary N) is 2. The van der Waals surface area contributed by atoms with Crippen molar-refractivity contribution in [1.82, 2.24) is 21.1 Å². The van der Waals surface area contributed by atoms with Crippen LogP contribution in [-0.2, 0) is 0 Å². The van der Waals surface area contributed by atoms with Crippen LogP contribution < -0.4 is 10.9 Å². The van der Waals surface area contributed by atoms with Crippen molar-refractivity contribution in [2.24, 2.45) is 0 Å². The molecule has 0 unspecified atom stereocenters. The van der Waals surface area contributed by atoms with Crippen LogP contribution in [-0.4, -0.2) is 23.3 Å². The van der Waals surface area contributed by atoms with Crippen LogP contribution in [0.15, 0.2) is 24.6 Å². The fourth-order valence-electron chi connectivity index (χ4n) is 1.02. The Bertz CT molecular complexity index is 139. The largest absolute Gasteiger partial charge is 0.311 e. The number of hydrogen-bond acceptors (Lipinski definition) is 4. The fourth-order valence-corrected chi connectivity index (χ4v) is 1.02. The normalized spacial score (nSPS) is 25.2. The highest BCUT2D eigenvalue weighted by Crippen LogP contribution is 2.00. The Kier molecular flexibility index (Phi) is 1.34. The lowest BCUT2D eigenvalue weighted by molar-refractivity contribution is -0.0517. The number of nitrogens with zero attached hydrogens (tertiary/aromatic N) is 2. The van der Waals surface area contributed by atoms with Crippen molar-refractivity contribution >= 4 is 0 Å². The zero-order valence-electron chi connectivity index (χ0n) is 5.62. The molecule has 2 heterocycles. The Morgan fingerprint density at radius 2 is 1.40 bits per heavy atom. The van der Waals surface area contributed by atoms with Crippen molar-refractivity contribution < 1.29 is 0 Å². The molecule has 2 aliphatic heterocycles. The Balaban J connectivity index is 1.89. The lowest BCUT2D eigenvalue weighted by Gasteiger charge is -2.26. The van der Waals surface area contributed by atoms with E-state index in [4.69, 9.17) is 0 Å². The average Bonchev–Trinajstić information content (AvgIpc) is 2.59. The Hall–Kier alpha value is -1.00. The van der Waals surface area contributed by atoms with Gasteiger partial charge < -0.3 is 10.9 Å². The van der Waals surface area contributed by atoms with Crippen LogP contribution in [0.3, 0.4) is 0 Å². The first-order chi connectivity index (χ1) is 4.97. The molecule has 0 aromatic rings. The number of rotatable bonds is 1. The highest BCUT2D eigenvalue weighted by molar-refractivity contribution is 4.92. The van der Waals surface area contributed by atoms with Crippen molar-refractivity contribution in [3.63, 3.8) is 0 Å². The summed E-state index contributed by atoms with van der Waals surface area (Å²) in [6.45, 7) is 1.85. The smallest absolute Gasteiger partial charge is 0.0556 e. The van der Waals surface area contributed by atoms with Gasteiger partial charge in [0.15, 0.2) is 0 Å². The van der Waals surface area contributed by atoms with Gasteiger partial charge in [0, 0.05) is 12.4 Å². The minimum Gasteiger partial charge on any atom is -0.311 e. The second-order valence-corrected chi connectivity index (χ2v) is 2.23. The van der Waals surface area contributed by atoms with E-state index in [0.717, 1.165) is 13.1 Å². The standard InChI is InChI=1S/C6H10N4/c1-3-7-9(5-1)10-6-2-4-8-10/h1-4,7-8H,5-6H2. The highest BCUT2D eigenvalue weighted by Gasteiger charge is 2.15. The molecule has 2 N–H and O–H groups in total. The summed E-state index contributed by atoms with van der Waals surface area (Å²) in [7, 11) is 0. The summed E-state index contributed by atoms with van der Waals surface area (Å²) in [5.41, 5.74) is 6.15. The topological polar surface area (TPSA) is 30.5 Å². The predicted molar refractivity (Wildman–Crippen MR) is 38.0 cm³/mol. The van der Waals surface area contributed by atoms with Crippen molar-refractivity contribution in [2.75, 3.05) is 13.1 Å². The lowest BCUT2D eigenvalue weighted by Crippen LogP contribution is -2.49. The van der Waals surface area contributed by atoms with Crippen LogP contribution in [0.2, 0.25) is 0 Å². The first-order valence-electron chi connectivity index (χ1n) is 3.34. The van der Waals surface area contributed by atoms with E-state index < -0.39 is 0 Å². The van der Waals surface area contributed by atoms with E-state index in [9.17, 15) is 0 Å². The molecule has 0 fully saturated rings. The molecular formula is C6H10N4. The van der Waals surface area contributed by atoms with Crippen LogP contribution >= 0.6 is 0 Å². The summed E-state index contributed by atoms with van der Waals surface area (Å²) in [5, 5.41) is 4.00. The van der Waals surface area contributed by atoms with E-state index in [1.54, 1.807) is 0 Å². The summed E-state index contributed by atoms with van der Waals surface area (Å²) in [6.07, 6.45) is 8.00. The lowest BCUT2D eigenvalue weighted by atomic mass is 10.6. The Labute approximate surface area is 59.7 Å². The predicted octanol–water partition coefficient (Wildman–Crippen LogP) is -0.431. The SMILES string of the molecule is C1=CNN(N2CC=CN2)C1. The van der Waals surface area contributed by atoms with Crippen LogP contribution in [0, 0.1) is 0 Å². The van der Waals surface area contributed by atoms with E-state index in [-0.39, 0.29) is 0 Å². The molecule has 0 radical (unpaired) electrons. The fraction of sp³-hybridized carbons (Fsp3) is 0.333. The van der Waals surface area contributed by atoms with Gasteiger partial charge in [-0.05, 0) is 12.2 Å². The van der Waals surface area contributed by atoms with Gasteiger partial charge in [-0.15, -0.1) is 10.2 Å². The molecule has 2 rings (SSSR count). The van der Waals surface area contributed by atoms with Crippen LogP contribution in [0.25, 0.3) is 0 Å². The first-order valence-corrected chi connectivity index (χ1v) is 3.34. The zero-order chi connectivity index (χ0) is 6.81. The Morgan fingerprint density at radius 3 is 1.70 bits per heavy atom. The zero-order valence-corrected chi connectivity index (χ0v) is 5.62. The molecule has 0 aliphatic carbocycles. The summed E-state index contributed by atoms with van der Waals surface area (Å²) in [6, 6.07) is 0. The van der Waals surface area contributed by atoms with E-state index in [1.807, 2.05) is 22.6 Å². The van der Waals surface area contributed by atoms with E-state index in [0.29, 0.717) is 0 Å².